The van der Waals surface area contributed by atoms with Crippen LogP contribution in [-0.4, -0.2) is 80.4 Å². The summed E-state index contributed by atoms with van der Waals surface area (Å²) in [6.45, 7) is -0.832. The number of imidazole rings is 1. The van der Waals surface area contributed by atoms with E-state index in [4.69, 9.17) is 4.74 Å². The van der Waals surface area contributed by atoms with Gasteiger partial charge in [-0.15, -0.1) is 16.2 Å². The molecule has 254 valence electrons. The number of aromatic amines is 1. The number of H-pyrrole nitrogens is 1. The largest absolute Gasteiger partial charge is 0.436 e. The average molecular weight is 714 g/mol. The van der Waals surface area contributed by atoms with Crippen LogP contribution in [0.4, 0.5) is 10.7 Å². The van der Waals surface area contributed by atoms with E-state index >= 15 is 0 Å². The Morgan fingerprint density at radius 3 is 2.28 bits per heavy atom. The van der Waals surface area contributed by atoms with Crippen molar-refractivity contribution in [3.05, 3.63) is 113 Å². The molecule has 1 saturated heterocycles. The number of rotatable bonds is 9. The van der Waals surface area contributed by atoms with Crippen LogP contribution in [0.15, 0.2) is 100 Å². The fourth-order valence-corrected chi connectivity index (χ4v) is 7.66. The van der Waals surface area contributed by atoms with Gasteiger partial charge in [-0.3, -0.25) is 29.7 Å². The quantitative estimate of drug-likeness (QED) is 0.200. The van der Waals surface area contributed by atoms with Crippen LogP contribution in [0.25, 0.3) is 21.4 Å². The summed E-state index contributed by atoms with van der Waals surface area (Å²) in [5.41, 5.74) is 1.25. The second-order valence-electron chi connectivity index (χ2n) is 11.1. The molecule has 1 fully saturated rings. The number of thiazole rings is 1. The Morgan fingerprint density at radius 1 is 0.920 bits per heavy atom. The normalized spacial score (nSPS) is 13.7. The molecular formula is C32H27N9O7S2. The van der Waals surface area contributed by atoms with Crippen LogP contribution >= 0.6 is 11.3 Å². The number of para-hydroxylation sites is 1. The Bertz CT molecular complexity index is 2320. The number of amides is 3. The summed E-state index contributed by atoms with van der Waals surface area (Å²) in [5, 5.41) is 3.38. The predicted octanol–water partition coefficient (Wildman–Crippen LogP) is 2.63. The molecule has 3 N–H and O–H groups in total. The lowest BCUT2D eigenvalue weighted by Gasteiger charge is -2.33. The topological polar surface area (TPSA) is 202 Å². The van der Waals surface area contributed by atoms with Crippen molar-refractivity contribution in [2.75, 3.05) is 25.0 Å². The first-order chi connectivity index (χ1) is 24.1. The monoisotopic (exact) mass is 713 g/mol. The van der Waals surface area contributed by atoms with Gasteiger partial charge in [-0.2, -0.15) is 4.98 Å². The molecule has 0 aliphatic carbocycles. The number of anilines is 1. The number of sulfonamides is 1. The lowest BCUT2D eigenvalue weighted by Crippen LogP contribution is -2.58. The van der Waals surface area contributed by atoms with Gasteiger partial charge in [-0.1, -0.05) is 72.8 Å². The molecule has 0 radical (unpaired) electrons. The number of hydrogen-bond donors (Lipinski definition) is 3. The number of benzene rings is 3. The lowest BCUT2D eigenvalue weighted by molar-refractivity contribution is -0.146. The molecule has 0 unspecified atom stereocenters. The second-order valence-corrected chi connectivity index (χ2v) is 14.0. The van der Waals surface area contributed by atoms with E-state index in [1.54, 1.807) is 24.3 Å². The molecule has 50 heavy (non-hydrogen) atoms. The van der Waals surface area contributed by atoms with Gasteiger partial charge in [0.2, 0.25) is 16.2 Å². The molecule has 18 heteroatoms. The van der Waals surface area contributed by atoms with Crippen molar-refractivity contribution in [2.45, 2.75) is 17.0 Å². The minimum absolute atomic E-state index is 0.0251. The zero-order valence-corrected chi connectivity index (χ0v) is 27.6. The highest BCUT2D eigenvalue weighted by Gasteiger charge is 2.32. The van der Waals surface area contributed by atoms with Crippen molar-refractivity contribution in [3.8, 4) is 0 Å². The number of aromatic nitrogens is 5. The number of hydrogen-bond acceptors (Lipinski definition) is 11. The first-order valence-electron chi connectivity index (χ1n) is 15.1. The van der Waals surface area contributed by atoms with Gasteiger partial charge in [0.05, 0.1) is 23.1 Å². The fraction of sp³-hybridized carbons (Fsp3) is 0.156. The molecule has 1 aliphatic rings. The zero-order valence-electron chi connectivity index (χ0n) is 25.9. The molecule has 7 rings (SSSR count). The van der Waals surface area contributed by atoms with Gasteiger partial charge in [-0.25, -0.2) is 23.2 Å². The molecule has 3 aromatic heterocycles. The minimum atomic E-state index is -4.14. The molecule has 16 nitrogen and oxygen atoms in total. The number of carbonyl (C=O) groups excluding carboxylic acids is 3. The van der Waals surface area contributed by atoms with Gasteiger partial charge in [0, 0.05) is 6.54 Å². The van der Waals surface area contributed by atoms with Crippen molar-refractivity contribution in [2.24, 2.45) is 0 Å². The number of hydrazine groups is 1. The van der Waals surface area contributed by atoms with Crippen LogP contribution in [-0.2, 0) is 30.9 Å². The molecule has 3 amide bonds. The average Bonchev–Trinajstić information content (AvgIpc) is 3.74. The highest BCUT2D eigenvalue weighted by molar-refractivity contribution is 7.91. The molecule has 0 bridgehead atoms. The molecule has 0 atom stereocenters. The molecule has 3 aromatic carbocycles. The van der Waals surface area contributed by atoms with E-state index in [2.05, 4.69) is 30.1 Å². The maximum atomic E-state index is 13.2. The fourth-order valence-electron chi connectivity index (χ4n) is 5.36. The number of ether oxygens (including phenoxy) is 1. The number of nitrogens with zero attached hydrogens (tertiary/aromatic N) is 6. The van der Waals surface area contributed by atoms with Crippen molar-refractivity contribution in [3.63, 3.8) is 0 Å². The van der Waals surface area contributed by atoms with E-state index in [1.165, 1.54) is 15.8 Å². The second kappa shape index (κ2) is 13.5. The summed E-state index contributed by atoms with van der Waals surface area (Å²) in [6.07, 6.45) is -0.352. The van der Waals surface area contributed by atoms with Crippen LogP contribution in [0.2, 0.25) is 0 Å². The Kier molecular flexibility index (Phi) is 8.79. The first kappa shape index (κ1) is 32.6. The summed E-state index contributed by atoms with van der Waals surface area (Å²) >= 11 is 0.975. The number of piperazine rings is 1. The summed E-state index contributed by atoms with van der Waals surface area (Å²) in [5.74, 6) is -1.36. The number of nitrogens with one attached hydrogen (secondary N) is 3. The molecule has 1 aliphatic heterocycles. The summed E-state index contributed by atoms with van der Waals surface area (Å²) < 4.78 is 33.4. The van der Waals surface area contributed by atoms with Gasteiger partial charge < -0.3 is 14.2 Å². The Labute approximate surface area is 287 Å². The van der Waals surface area contributed by atoms with Crippen molar-refractivity contribution in [1.82, 2.24) is 39.2 Å². The highest BCUT2D eigenvalue weighted by atomic mass is 32.2. The minimum Gasteiger partial charge on any atom is -0.436 e. The molecule has 6 aromatic rings. The zero-order chi connectivity index (χ0) is 34.8. The van der Waals surface area contributed by atoms with Crippen molar-refractivity contribution < 1.29 is 27.5 Å². The first-order valence-corrected chi connectivity index (χ1v) is 17.4. The maximum absolute atomic E-state index is 13.2. The molecule has 0 saturated carbocycles. The third kappa shape index (κ3) is 6.79. The van der Waals surface area contributed by atoms with Crippen LogP contribution in [0.1, 0.15) is 17.2 Å². The lowest BCUT2D eigenvalue weighted by atomic mass is 10.0. The van der Waals surface area contributed by atoms with E-state index in [1.807, 2.05) is 60.7 Å². The van der Waals surface area contributed by atoms with Crippen LogP contribution < -0.4 is 15.7 Å². The van der Waals surface area contributed by atoms with Gasteiger partial charge in [-0.05, 0) is 23.3 Å². The van der Waals surface area contributed by atoms with E-state index in [9.17, 15) is 27.6 Å². The van der Waals surface area contributed by atoms with Crippen molar-refractivity contribution >= 4 is 66.6 Å². The SMILES string of the molecule is O=C(Nc1nc2ncn(CC(=O)N3CCN(NS(=O)(=O)c4nc5ccccc5s4)C(=O)C3)c2c(=O)[nH]1)OC(c1ccccc1)c1ccccc1. The van der Waals surface area contributed by atoms with Crippen molar-refractivity contribution in [1.29, 1.82) is 0 Å². The number of fused-ring (bicyclic) bond motifs is 2. The smallest absolute Gasteiger partial charge is 0.414 e. The van der Waals surface area contributed by atoms with Crippen LogP contribution in [0.5, 0.6) is 0 Å². The van der Waals surface area contributed by atoms with Crippen LogP contribution in [0.3, 0.4) is 0 Å². The van der Waals surface area contributed by atoms with Gasteiger partial charge in [0.15, 0.2) is 17.3 Å². The Morgan fingerprint density at radius 2 is 1.60 bits per heavy atom. The van der Waals surface area contributed by atoms with E-state index in [0.29, 0.717) is 10.2 Å². The standard InChI is InChI=1S/C32H27N9O7S2/c42-24(39-15-16-41(25(43)18-39)38-50(46,47)32-34-22-13-7-8-14-23(22)49-32)17-40-19-33-28-26(40)29(44)36-30(35-28)37-31(45)48-27(20-9-3-1-4-10-20)21-11-5-2-6-12-21/h1-14,19,27,38H,15-18H2,(H2,35,36,37,44,45). The van der Waals surface area contributed by atoms with E-state index in [0.717, 1.165) is 27.5 Å². The van der Waals surface area contributed by atoms with Gasteiger partial charge >= 0.3 is 6.09 Å². The van der Waals surface area contributed by atoms with E-state index < -0.39 is 46.1 Å². The van der Waals surface area contributed by atoms with Crippen LogP contribution in [0, 0.1) is 0 Å². The molecular weight excluding hydrogens is 687 g/mol. The predicted molar refractivity (Wildman–Crippen MR) is 181 cm³/mol. The third-order valence-electron chi connectivity index (χ3n) is 7.75. The molecule has 0 spiro atoms. The van der Waals surface area contributed by atoms with E-state index in [-0.39, 0.29) is 41.1 Å². The molecule has 4 heterocycles. The maximum Gasteiger partial charge on any atom is 0.414 e. The summed E-state index contributed by atoms with van der Waals surface area (Å²) in [7, 11) is -4.14. The van der Waals surface area contributed by atoms with Gasteiger partial charge in [0.1, 0.15) is 13.1 Å². The Balaban J connectivity index is 0.988. The third-order valence-corrected chi connectivity index (χ3v) is 10.5. The Hall–Kier alpha value is -5.98. The highest BCUT2D eigenvalue weighted by Crippen LogP contribution is 2.27. The summed E-state index contributed by atoms with van der Waals surface area (Å²) in [6, 6.07) is 25.3. The summed E-state index contributed by atoms with van der Waals surface area (Å²) in [4.78, 5) is 70.5. The van der Waals surface area contributed by atoms with Gasteiger partial charge in [0.25, 0.3) is 21.5 Å². The number of carbonyl (C=O) groups is 3.